The van der Waals surface area contributed by atoms with Gasteiger partial charge in [0.15, 0.2) is 0 Å². The molecule has 1 N–H and O–H groups in total. The monoisotopic (exact) mass is 311 g/mol. The first-order valence-corrected chi connectivity index (χ1v) is 8.29. The van der Waals surface area contributed by atoms with Gasteiger partial charge in [0.05, 0.1) is 0 Å². The van der Waals surface area contributed by atoms with Crippen molar-refractivity contribution in [3.63, 3.8) is 0 Å². The fourth-order valence-electron chi connectivity index (χ4n) is 3.41. The van der Waals surface area contributed by atoms with Crippen LogP contribution in [0.3, 0.4) is 0 Å². The van der Waals surface area contributed by atoms with Gasteiger partial charge in [-0.05, 0) is 49.6 Å². The topological polar surface area (TPSA) is 32.7 Å². The lowest BCUT2D eigenvalue weighted by atomic mass is 10.1. The summed E-state index contributed by atoms with van der Waals surface area (Å²) in [5, 5.41) is 10.3. The van der Waals surface area contributed by atoms with Crippen LogP contribution in [-0.4, -0.2) is 36.3 Å². The van der Waals surface area contributed by atoms with E-state index in [1.165, 1.54) is 11.1 Å². The number of fused-ring (bicyclic) bond motifs is 1. The summed E-state index contributed by atoms with van der Waals surface area (Å²) in [7, 11) is 2.09. The molecule has 0 spiro atoms. The molecule has 0 amide bonds. The first-order valence-electron chi connectivity index (χ1n) is 8.29. The van der Waals surface area contributed by atoms with E-state index in [1.54, 1.807) is 0 Å². The molecule has 3 heteroatoms. The first-order chi connectivity index (χ1) is 11.1. The van der Waals surface area contributed by atoms with Crippen molar-refractivity contribution < 1.29 is 9.84 Å². The van der Waals surface area contributed by atoms with E-state index in [9.17, 15) is 5.11 Å². The molecule has 0 radical (unpaired) electrons. The number of para-hydroxylation sites is 1. The summed E-state index contributed by atoms with van der Waals surface area (Å²) in [5.74, 6) is 0.848. The van der Waals surface area contributed by atoms with Gasteiger partial charge in [0.2, 0.25) is 0 Å². The van der Waals surface area contributed by atoms with Crippen molar-refractivity contribution in [3.05, 3.63) is 65.2 Å². The fraction of sp³-hybridized carbons (Fsp3) is 0.400. The van der Waals surface area contributed by atoms with Gasteiger partial charge in [-0.2, -0.15) is 0 Å². The van der Waals surface area contributed by atoms with Crippen LogP contribution in [0.4, 0.5) is 0 Å². The van der Waals surface area contributed by atoms with Crippen molar-refractivity contribution in [3.8, 4) is 5.75 Å². The largest absolute Gasteiger partial charge is 0.491 e. The third-order valence-corrected chi connectivity index (χ3v) is 4.66. The molecule has 0 fully saturated rings. The molecule has 23 heavy (non-hydrogen) atoms. The predicted octanol–water partition coefficient (Wildman–Crippen LogP) is 3.35. The maximum Gasteiger partial charge on any atom is 0.122 e. The van der Waals surface area contributed by atoms with Crippen LogP contribution >= 0.6 is 0 Å². The second-order valence-corrected chi connectivity index (χ2v) is 6.42. The van der Waals surface area contributed by atoms with Crippen molar-refractivity contribution in [2.45, 2.75) is 31.9 Å². The normalized spacial score (nSPS) is 18.0. The van der Waals surface area contributed by atoms with Crippen molar-refractivity contribution in [2.24, 2.45) is 0 Å². The minimum Gasteiger partial charge on any atom is -0.491 e. The lowest BCUT2D eigenvalue weighted by Gasteiger charge is -2.27. The van der Waals surface area contributed by atoms with Gasteiger partial charge in [0.1, 0.15) is 18.5 Å². The highest BCUT2D eigenvalue weighted by Crippen LogP contribution is 2.34. The molecule has 0 saturated heterocycles. The van der Waals surface area contributed by atoms with E-state index in [2.05, 4.69) is 36.2 Å². The molecule has 1 aliphatic rings. The van der Waals surface area contributed by atoms with Crippen LogP contribution in [0.2, 0.25) is 0 Å². The number of rotatable bonds is 6. The molecule has 1 aliphatic carbocycles. The second kappa shape index (κ2) is 7.16. The van der Waals surface area contributed by atoms with Crippen molar-refractivity contribution in [1.29, 1.82) is 0 Å². The molecule has 0 bridgehead atoms. The number of ether oxygens (including phenoxy) is 1. The predicted molar refractivity (Wildman–Crippen MR) is 92.8 cm³/mol. The van der Waals surface area contributed by atoms with Gasteiger partial charge < -0.3 is 9.84 Å². The summed E-state index contributed by atoms with van der Waals surface area (Å²) in [5.41, 5.74) is 3.94. The third-order valence-electron chi connectivity index (χ3n) is 4.66. The van der Waals surface area contributed by atoms with Crippen LogP contribution < -0.4 is 4.74 Å². The van der Waals surface area contributed by atoms with Crippen LogP contribution in [0.5, 0.6) is 5.75 Å². The van der Waals surface area contributed by atoms with Gasteiger partial charge in [-0.25, -0.2) is 0 Å². The molecule has 0 saturated carbocycles. The Morgan fingerprint density at radius 2 is 1.91 bits per heavy atom. The summed E-state index contributed by atoms with van der Waals surface area (Å²) in [4.78, 5) is 2.25. The van der Waals surface area contributed by atoms with Gasteiger partial charge in [-0.3, -0.25) is 4.90 Å². The van der Waals surface area contributed by atoms with Gasteiger partial charge in [-0.15, -0.1) is 0 Å². The van der Waals surface area contributed by atoms with E-state index in [0.717, 1.165) is 24.2 Å². The summed E-state index contributed by atoms with van der Waals surface area (Å²) >= 11 is 0. The van der Waals surface area contributed by atoms with E-state index in [1.807, 2.05) is 31.2 Å². The van der Waals surface area contributed by atoms with Crippen molar-refractivity contribution in [2.75, 3.05) is 20.2 Å². The molecule has 2 atom stereocenters. The smallest absolute Gasteiger partial charge is 0.122 e. The number of hydrogen-bond donors (Lipinski definition) is 1. The number of hydrogen-bond acceptors (Lipinski definition) is 3. The fourth-order valence-corrected chi connectivity index (χ4v) is 3.41. The minimum atomic E-state index is -0.493. The molecule has 0 unspecified atom stereocenters. The summed E-state index contributed by atoms with van der Waals surface area (Å²) in [6, 6.07) is 16.9. The standard InChI is InChI=1S/C20H25NO2/c1-15-7-3-6-10-20(15)23-14-17(22)13-21(2)19-12-11-16-8-4-5-9-18(16)19/h3-10,17,19,22H,11-14H2,1-2H3/t17-,19-/m0/s1. The van der Waals surface area contributed by atoms with E-state index >= 15 is 0 Å². The zero-order valence-corrected chi connectivity index (χ0v) is 13.9. The number of benzene rings is 2. The Morgan fingerprint density at radius 1 is 1.17 bits per heavy atom. The van der Waals surface area contributed by atoms with Gasteiger partial charge in [-0.1, -0.05) is 42.5 Å². The summed E-state index contributed by atoms with van der Waals surface area (Å²) in [6.45, 7) is 2.96. The molecular weight excluding hydrogens is 286 g/mol. The summed E-state index contributed by atoms with van der Waals surface area (Å²) in [6.07, 6.45) is 1.76. The average molecular weight is 311 g/mol. The van der Waals surface area contributed by atoms with Crippen molar-refractivity contribution in [1.82, 2.24) is 4.90 Å². The molecule has 0 heterocycles. The SMILES string of the molecule is Cc1ccccc1OC[C@@H](O)CN(C)[C@H]1CCc2ccccc21. The molecule has 0 aliphatic heterocycles. The number of nitrogens with zero attached hydrogens (tertiary/aromatic N) is 1. The lowest BCUT2D eigenvalue weighted by Crippen LogP contribution is -2.35. The Labute approximate surface area is 138 Å². The highest BCUT2D eigenvalue weighted by atomic mass is 16.5. The number of aliphatic hydroxyl groups excluding tert-OH is 1. The van der Waals surface area contributed by atoms with Gasteiger partial charge >= 0.3 is 0 Å². The molecule has 0 aromatic heterocycles. The zero-order valence-electron chi connectivity index (χ0n) is 13.9. The molecule has 3 rings (SSSR count). The maximum absolute atomic E-state index is 10.3. The minimum absolute atomic E-state index is 0.323. The number of likely N-dealkylation sites (N-methyl/N-ethyl adjacent to an activating group) is 1. The molecular formula is C20H25NO2. The Morgan fingerprint density at radius 3 is 2.74 bits per heavy atom. The Bertz CT molecular complexity index is 656. The number of aryl methyl sites for hydroxylation is 2. The van der Waals surface area contributed by atoms with E-state index in [0.29, 0.717) is 19.2 Å². The maximum atomic E-state index is 10.3. The lowest BCUT2D eigenvalue weighted by molar-refractivity contribution is 0.0627. The van der Waals surface area contributed by atoms with Crippen molar-refractivity contribution >= 4 is 0 Å². The molecule has 122 valence electrons. The zero-order chi connectivity index (χ0) is 16.2. The van der Waals surface area contributed by atoms with E-state index < -0.39 is 6.10 Å². The van der Waals surface area contributed by atoms with Crippen LogP contribution in [0.15, 0.2) is 48.5 Å². The highest BCUT2D eigenvalue weighted by molar-refractivity contribution is 5.34. The quantitative estimate of drug-likeness (QED) is 0.888. The van der Waals surface area contributed by atoms with Crippen LogP contribution in [0.1, 0.15) is 29.2 Å². The average Bonchev–Trinajstić information content (AvgIpc) is 2.98. The number of aliphatic hydroxyl groups is 1. The molecule has 2 aromatic rings. The van der Waals surface area contributed by atoms with E-state index in [-0.39, 0.29) is 0 Å². The molecule has 2 aromatic carbocycles. The van der Waals surface area contributed by atoms with Gasteiger partial charge in [0, 0.05) is 12.6 Å². The Kier molecular flexibility index (Phi) is 4.99. The Hall–Kier alpha value is -1.84. The van der Waals surface area contributed by atoms with Gasteiger partial charge in [0.25, 0.3) is 0 Å². The highest BCUT2D eigenvalue weighted by Gasteiger charge is 2.26. The molecule has 3 nitrogen and oxygen atoms in total. The van der Waals surface area contributed by atoms with Crippen LogP contribution in [-0.2, 0) is 6.42 Å². The first kappa shape index (κ1) is 16.0. The summed E-state index contributed by atoms with van der Waals surface area (Å²) < 4.78 is 5.75. The van der Waals surface area contributed by atoms with Crippen LogP contribution in [0, 0.1) is 6.92 Å². The van der Waals surface area contributed by atoms with E-state index in [4.69, 9.17) is 4.74 Å². The van der Waals surface area contributed by atoms with Crippen LogP contribution in [0.25, 0.3) is 0 Å². The third kappa shape index (κ3) is 3.74. The Balaban J connectivity index is 1.54. The second-order valence-electron chi connectivity index (χ2n) is 6.42.